The van der Waals surface area contributed by atoms with E-state index in [-0.39, 0.29) is 30.9 Å². The Hall–Kier alpha value is -0.620. The van der Waals surface area contributed by atoms with Gasteiger partial charge in [0.15, 0.2) is 0 Å². The molecule has 1 aromatic rings. The van der Waals surface area contributed by atoms with E-state index in [2.05, 4.69) is 21.4 Å². The smallest absolute Gasteiger partial charge is 0.129 e. The van der Waals surface area contributed by atoms with Crippen LogP contribution in [0.15, 0.2) is 12.4 Å². The Bertz CT molecular complexity index is 435. The van der Waals surface area contributed by atoms with Crippen molar-refractivity contribution in [3.05, 3.63) is 18.1 Å². The molecule has 120 valence electrons. The first kappa shape index (κ1) is 18.4. The number of halogens is 2. The van der Waals surface area contributed by atoms with Crippen LogP contribution in [-0.2, 0) is 0 Å². The first-order chi connectivity index (χ1) is 9.20. The molecule has 7 heteroatoms. The largest absolute Gasteiger partial charge is 0.393 e. The lowest BCUT2D eigenvalue weighted by Gasteiger charge is -2.32. The quantitative estimate of drug-likeness (QED) is 0.789. The van der Waals surface area contributed by atoms with Crippen molar-refractivity contribution in [2.24, 2.45) is 5.73 Å². The fourth-order valence-electron chi connectivity index (χ4n) is 3.01. The highest BCUT2D eigenvalue weighted by molar-refractivity contribution is 5.85. The summed E-state index contributed by atoms with van der Waals surface area (Å²) in [5.74, 6) is 1.42. The summed E-state index contributed by atoms with van der Waals surface area (Å²) in [5, 5.41) is 13.0. The van der Waals surface area contributed by atoms with Gasteiger partial charge < -0.3 is 16.2 Å². The van der Waals surface area contributed by atoms with Crippen LogP contribution in [0.3, 0.4) is 0 Å². The third-order valence-corrected chi connectivity index (χ3v) is 4.33. The number of nitrogens with two attached hydrogens (primary N) is 1. The summed E-state index contributed by atoms with van der Waals surface area (Å²) in [5.41, 5.74) is 6.93. The van der Waals surface area contributed by atoms with Crippen molar-refractivity contribution >= 4 is 30.6 Å². The van der Waals surface area contributed by atoms with E-state index in [0.717, 1.165) is 50.0 Å². The number of anilines is 1. The average Bonchev–Trinajstić information content (AvgIpc) is 2.38. The number of aliphatic hydroxyl groups is 1. The van der Waals surface area contributed by atoms with E-state index in [4.69, 9.17) is 5.73 Å². The van der Waals surface area contributed by atoms with E-state index in [9.17, 15) is 5.11 Å². The number of nitrogens with one attached hydrogen (secondary N) is 1. The van der Waals surface area contributed by atoms with Crippen LogP contribution in [0.5, 0.6) is 0 Å². The molecule has 2 aliphatic carbocycles. The summed E-state index contributed by atoms with van der Waals surface area (Å²) in [4.78, 5) is 8.65. The van der Waals surface area contributed by atoms with Gasteiger partial charge in [-0.05, 0) is 38.5 Å². The summed E-state index contributed by atoms with van der Waals surface area (Å²) in [6, 6.07) is 2.83. The second-order valence-corrected chi connectivity index (χ2v) is 5.91. The van der Waals surface area contributed by atoms with Crippen molar-refractivity contribution in [3.63, 3.8) is 0 Å². The molecule has 3 rings (SSSR count). The molecule has 0 aromatic carbocycles. The van der Waals surface area contributed by atoms with Crippen LogP contribution in [-0.4, -0.2) is 33.3 Å². The Morgan fingerprint density at radius 1 is 1.10 bits per heavy atom. The summed E-state index contributed by atoms with van der Waals surface area (Å²) in [6.07, 6.45) is 7.37. The van der Waals surface area contributed by atoms with Gasteiger partial charge in [-0.25, -0.2) is 9.97 Å². The van der Waals surface area contributed by atoms with Crippen LogP contribution < -0.4 is 11.1 Å². The van der Waals surface area contributed by atoms with E-state index in [0.29, 0.717) is 18.0 Å². The molecule has 0 radical (unpaired) electrons. The predicted octanol–water partition coefficient (Wildman–Crippen LogP) is 2.24. The van der Waals surface area contributed by atoms with Crippen LogP contribution in [0.25, 0.3) is 0 Å². The van der Waals surface area contributed by atoms with Crippen molar-refractivity contribution in [1.29, 1.82) is 0 Å². The zero-order valence-electron chi connectivity index (χ0n) is 11.9. The molecule has 0 unspecified atom stereocenters. The van der Waals surface area contributed by atoms with Gasteiger partial charge in [0.2, 0.25) is 0 Å². The number of aromatic nitrogens is 2. The molecule has 0 atom stereocenters. The van der Waals surface area contributed by atoms with Gasteiger partial charge >= 0.3 is 0 Å². The normalized spacial score (nSPS) is 31.3. The maximum Gasteiger partial charge on any atom is 0.129 e. The predicted molar refractivity (Wildman–Crippen MR) is 88.4 cm³/mol. The fraction of sp³-hybridized carbons (Fsp3) is 0.714. The van der Waals surface area contributed by atoms with Crippen LogP contribution in [0.1, 0.15) is 50.1 Å². The standard InChI is InChI=1S/C14H22N4O.2ClH/c15-10-5-9(6-10)13-7-14(17-8-16-13)18-11-1-3-12(19)4-2-11;;/h7-12,19H,1-6,15H2,(H,16,17,18);2*1H. The van der Waals surface area contributed by atoms with E-state index in [1.165, 1.54) is 0 Å². The zero-order valence-corrected chi connectivity index (χ0v) is 13.6. The lowest BCUT2D eigenvalue weighted by atomic mass is 9.78. The molecule has 2 aliphatic rings. The van der Waals surface area contributed by atoms with Gasteiger partial charge in [-0.3, -0.25) is 0 Å². The Kier molecular flexibility index (Phi) is 7.13. The first-order valence-corrected chi connectivity index (χ1v) is 7.23. The Balaban J connectivity index is 0.00000110. The second-order valence-electron chi connectivity index (χ2n) is 5.91. The monoisotopic (exact) mass is 334 g/mol. The highest BCUT2D eigenvalue weighted by Crippen LogP contribution is 2.35. The van der Waals surface area contributed by atoms with Gasteiger partial charge in [-0.15, -0.1) is 24.8 Å². The molecule has 0 amide bonds. The summed E-state index contributed by atoms with van der Waals surface area (Å²) < 4.78 is 0. The molecular formula is C14H24Cl2N4O. The fourth-order valence-corrected chi connectivity index (χ4v) is 3.01. The van der Waals surface area contributed by atoms with E-state index < -0.39 is 0 Å². The van der Waals surface area contributed by atoms with Crippen molar-refractivity contribution in [2.75, 3.05) is 5.32 Å². The van der Waals surface area contributed by atoms with E-state index >= 15 is 0 Å². The minimum atomic E-state index is -0.115. The molecule has 2 fully saturated rings. The molecule has 21 heavy (non-hydrogen) atoms. The Morgan fingerprint density at radius 3 is 2.38 bits per heavy atom. The zero-order chi connectivity index (χ0) is 13.2. The SMILES string of the molecule is Cl.Cl.NC1CC(c2cc(NC3CCC(O)CC3)ncn2)C1. The topological polar surface area (TPSA) is 84.1 Å². The van der Waals surface area contributed by atoms with Gasteiger partial charge in [-0.1, -0.05) is 0 Å². The van der Waals surface area contributed by atoms with Crippen molar-refractivity contribution in [1.82, 2.24) is 9.97 Å². The van der Waals surface area contributed by atoms with Gasteiger partial charge in [0, 0.05) is 29.8 Å². The summed E-state index contributed by atoms with van der Waals surface area (Å²) in [6.45, 7) is 0. The van der Waals surface area contributed by atoms with Crippen molar-refractivity contribution in [2.45, 2.75) is 62.6 Å². The molecule has 1 heterocycles. The van der Waals surface area contributed by atoms with Crippen molar-refractivity contribution < 1.29 is 5.11 Å². The maximum atomic E-state index is 9.51. The second kappa shape index (κ2) is 8.13. The minimum absolute atomic E-state index is 0. The summed E-state index contributed by atoms with van der Waals surface area (Å²) in [7, 11) is 0. The molecule has 1 aromatic heterocycles. The third kappa shape index (κ3) is 4.68. The maximum absolute atomic E-state index is 9.51. The van der Waals surface area contributed by atoms with E-state index in [1.807, 2.05) is 0 Å². The molecule has 0 saturated heterocycles. The molecule has 0 spiro atoms. The Morgan fingerprint density at radius 2 is 1.76 bits per heavy atom. The number of aliphatic hydroxyl groups excluding tert-OH is 1. The number of hydrogen-bond donors (Lipinski definition) is 3. The molecule has 2 saturated carbocycles. The van der Waals surface area contributed by atoms with Gasteiger partial charge in [0.25, 0.3) is 0 Å². The molecular weight excluding hydrogens is 311 g/mol. The van der Waals surface area contributed by atoms with Crippen LogP contribution in [0.4, 0.5) is 5.82 Å². The minimum Gasteiger partial charge on any atom is -0.393 e. The molecule has 0 aliphatic heterocycles. The van der Waals surface area contributed by atoms with Crippen LogP contribution in [0.2, 0.25) is 0 Å². The first-order valence-electron chi connectivity index (χ1n) is 7.23. The van der Waals surface area contributed by atoms with Gasteiger partial charge in [0.1, 0.15) is 12.1 Å². The van der Waals surface area contributed by atoms with Gasteiger partial charge in [-0.2, -0.15) is 0 Å². The number of rotatable bonds is 3. The number of nitrogens with zero attached hydrogens (tertiary/aromatic N) is 2. The molecule has 0 bridgehead atoms. The highest BCUT2D eigenvalue weighted by Gasteiger charge is 2.28. The average molecular weight is 335 g/mol. The molecule has 5 nitrogen and oxygen atoms in total. The van der Waals surface area contributed by atoms with Crippen molar-refractivity contribution in [3.8, 4) is 0 Å². The lowest BCUT2D eigenvalue weighted by Crippen LogP contribution is -2.35. The third-order valence-electron chi connectivity index (χ3n) is 4.33. The van der Waals surface area contributed by atoms with Crippen LogP contribution >= 0.6 is 24.8 Å². The Labute approximate surface area is 137 Å². The lowest BCUT2D eigenvalue weighted by molar-refractivity contribution is 0.126. The highest BCUT2D eigenvalue weighted by atomic mass is 35.5. The van der Waals surface area contributed by atoms with Gasteiger partial charge in [0.05, 0.1) is 6.10 Å². The summed E-state index contributed by atoms with van der Waals surface area (Å²) >= 11 is 0. The molecule has 4 N–H and O–H groups in total. The van der Waals surface area contributed by atoms with Crippen LogP contribution in [0, 0.1) is 0 Å². The van der Waals surface area contributed by atoms with E-state index in [1.54, 1.807) is 6.33 Å². The number of hydrogen-bond acceptors (Lipinski definition) is 5.